The molecule has 146 valence electrons. The number of benzene rings is 1. The lowest BCUT2D eigenvalue weighted by Gasteiger charge is -2.25. The summed E-state index contributed by atoms with van der Waals surface area (Å²) in [4.78, 5) is 10.6. The van der Waals surface area contributed by atoms with Gasteiger partial charge in [-0.2, -0.15) is 0 Å². The first-order valence-electron chi connectivity index (χ1n) is 9.84. The number of alkyl halides is 1. The van der Waals surface area contributed by atoms with Gasteiger partial charge in [0.2, 0.25) is 0 Å². The third kappa shape index (κ3) is 5.72. The second-order valence-electron chi connectivity index (χ2n) is 8.73. The molecule has 0 aromatic heterocycles. The Kier molecular flexibility index (Phi) is 7.54. The first-order valence-corrected chi connectivity index (χ1v) is 10.3. The smallest absolute Gasteiger partial charge is 0.303 e. The van der Waals surface area contributed by atoms with E-state index in [2.05, 4.69) is 45.0 Å². The highest BCUT2D eigenvalue weighted by atomic mass is 35.5. The molecule has 0 bridgehead atoms. The average Bonchev–Trinajstić information content (AvgIpc) is 2.83. The molecule has 1 saturated carbocycles. The minimum absolute atomic E-state index is 0.0105. The van der Waals surface area contributed by atoms with Crippen LogP contribution in [0.15, 0.2) is 24.3 Å². The molecule has 2 rings (SSSR count). The van der Waals surface area contributed by atoms with Gasteiger partial charge in [-0.1, -0.05) is 64.3 Å². The lowest BCUT2D eigenvalue weighted by atomic mass is 9.81. The van der Waals surface area contributed by atoms with E-state index in [1.165, 1.54) is 11.1 Å². The first kappa shape index (κ1) is 21.2. The molecule has 0 aliphatic heterocycles. The van der Waals surface area contributed by atoms with Crippen molar-refractivity contribution >= 4 is 17.6 Å². The normalized spacial score (nSPS) is 26.2. The number of hydrogen-bond donors (Lipinski definition) is 2. The fourth-order valence-electron chi connectivity index (χ4n) is 4.11. The topological polar surface area (TPSA) is 57.5 Å². The van der Waals surface area contributed by atoms with Crippen molar-refractivity contribution in [2.75, 3.05) is 0 Å². The van der Waals surface area contributed by atoms with E-state index >= 15 is 0 Å². The number of carboxylic acid groups (broad SMARTS) is 1. The van der Waals surface area contributed by atoms with Gasteiger partial charge in [-0.25, -0.2) is 0 Å². The van der Waals surface area contributed by atoms with Crippen LogP contribution in [0.3, 0.4) is 0 Å². The van der Waals surface area contributed by atoms with E-state index in [4.69, 9.17) is 16.7 Å². The van der Waals surface area contributed by atoms with Gasteiger partial charge in [-0.15, -0.1) is 11.6 Å². The van der Waals surface area contributed by atoms with Crippen molar-refractivity contribution in [2.24, 2.45) is 5.92 Å². The summed E-state index contributed by atoms with van der Waals surface area (Å²) in [6.07, 6.45) is 5.26. The Morgan fingerprint density at radius 2 is 1.73 bits per heavy atom. The predicted octanol–water partition coefficient (Wildman–Crippen LogP) is 5.48. The molecule has 1 aliphatic carbocycles. The van der Waals surface area contributed by atoms with Crippen LogP contribution >= 0.6 is 11.6 Å². The molecule has 0 heterocycles. The molecule has 2 N–H and O–H groups in total. The van der Waals surface area contributed by atoms with Crippen LogP contribution in [0.2, 0.25) is 0 Å². The molecule has 0 amide bonds. The van der Waals surface area contributed by atoms with Gasteiger partial charge in [-0.3, -0.25) is 4.79 Å². The molecule has 0 saturated heterocycles. The van der Waals surface area contributed by atoms with E-state index in [1.807, 2.05) is 0 Å². The zero-order chi connectivity index (χ0) is 19.3. The fraction of sp³-hybridized carbons (Fsp3) is 0.682. The van der Waals surface area contributed by atoms with Crippen LogP contribution in [0.25, 0.3) is 0 Å². The van der Waals surface area contributed by atoms with Crippen LogP contribution in [-0.2, 0) is 10.2 Å². The summed E-state index contributed by atoms with van der Waals surface area (Å²) in [6.45, 7) is 6.61. The number of halogens is 1. The van der Waals surface area contributed by atoms with Crippen molar-refractivity contribution in [1.29, 1.82) is 0 Å². The zero-order valence-electron chi connectivity index (χ0n) is 16.2. The SMILES string of the molecule is CC(C)(C)c1ccc(C2C(O)CC(Cl)C2CCCCCCC(=O)O)cc1. The second-order valence-corrected chi connectivity index (χ2v) is 9.29. The van der Waals surface area contributed by atoms with Gasteiger partial charge in [0.15, 0.2) is 0 Å². The highest BCUT2D eigenvalue weighted by molar-refractivity contribution is 6.21. The van der Waals surface area contributed by atoms with E-state index in [0.29, 0.717) is 6.42 Å². The van der Waals surface area contributed by atoms with E-state index in [1.54, 1.807) is 0 Å². The Morgan fingerprint density at radius 3 is 2.31 bits per heavy atom. The number of aliphatic carboxylic acids is 1. The Morgan fingerprint density at radius 1 is 1.12 bits per heavy atom. The molecule has 0 spiro atoms. The Hall–Kier alpha value is -1.06. The minimum atomic E-state index is -0.719. The molecule has 1 aliphatic rings. The first-order chi connectivity index (χ1) is 12.2. The number of carbonyl (C=O) groups is 1. The standard InChI is InChI=1S/C22H33ClO3/c1-22(2,3)16-12-10-15(11-13-16)21-17(18(23)14-19(21)24)8-6-4-5-7-9-20(25)26/h10-13,17-19,21,24H,4-9,14H2,1-3H3,(H,25,26). The number of rotatable bonds is 8. The third-order valence-electron chi connectivity index (χ3n) is 5.65. The summed E-state index contributed by atoms with van der Waals surface area (Å²) in [5, 5.41) is 19.3. The molecular weight excluding hydrogens is 348 g/mol. The van der Waals surface area contributed by atoms with Crippen molar-refractivity contribution < 1.29 is 15.0 Å². The summed E-state index contributed by atoms with van der Waals surface area (Å²) in [5.41, 5.74) is 2.60. The maximum absolute atomic E-state index is 10.6. The summed E-state index contributed by atoms with van der Waals surface area (Å²) < 4.78 is 0. The van der Waals surface area contributed by atoms with Gasteiger partial charge in [-0.05, 0) is 41.7 Å². The van der Waals surface area contributed by atoms with Crippen molar-refractivity contribution in [3.05, 3.63) is 35.4 Å². The molecule has 0 radical (unpaired) electrons. The molecule has 1 aromatic rings. The lowest BCUT2D eigenvalue weighted by molar-refractivity contribution is -0.137. The van der Waals surface area contributed by atoms with Crippen LogP contribution < -0.4 is 0 Å². The van der Waals surface area contributed by atoms with Gasteiger partial charge in [0.1, 0.15) is 0 Å². The molecule has 4 atom stereocenters. The Bertz CT molecular complexity index is 576. The van der Waals surface area contributed by atoms with Crippen molar-refractivity contribution in [1.82, 2.24) is 0 Å². The van der Waals surface area contributed by atoms with Gasteiger partial charge < -0.3 is 10.2 Å². The highest BCUT2D eigenvalue weighted by Gasteiger charge is 2.41. The second kappa shape index (κ2) is 9.23. The molecule has 4 heteroatoms. The number of aliphatic hydroxyl groups is 1. The van der Waals surface area contributed by atoms with Crippen LogP contribution in [0.4, 0.5) is 0 Å². The zero-order valence-corrected chi connectivity index (χ0v) is 17.0. The van der Waals surface area contributed by atoms with Gasteiger partial charge in [0.05, 0.1) is 6.10 Å². The van der Waals surface area contributed by atoms with Gasteiger partial charge in [0, 0.05) is 17.7 Å². The van der Waals surface area contributed by atoms with Gasteiger partial charge in [0.25, 0.3) is 0 Å². The van der Waals surface area contributed by atoms with Crippen molar-refractivity contribution in [3.63, 3.8) is 0 Å². The number of hydrogen-bond acceptors (Lipinski definition) is 2. The maximum Gasteiger partial charge on any atom is 0.303 e. The van der Waals surface area contributed by atoms with Gasteiger partial charge >= 0.3 is 5.97 Å². The maximum atomic E-state index is 10.6. The highest BCUT2D eigenvalue weighted by Crippen LogP contribution is 2.45. The third-order valence-corrected chi connectivity index (χ3v) is 6.15. The lowest BCUT2D eigenvalue weighted by Crippen LogP contribution is -2.19. The molecule has 1 fully saturated rings. The Labute approximate surface area is 162 Å². The predicted molar refractivity (Wildman–Crippen MR) is 107 cm³/mol. The van der Waals surface area contributed by atoms with E-state index in [0.717, 1.165) is 32.1 Å². The van der Waals surface area contributed by atoms with E-state index < -0.39 is 5.97 Å². The number of carboxylic acids is 1. The Balaban J connectivity index is 1.95. The average molecular weight is 381 g/mol. The monoisotopic (exact) mass is 380 g/mol. The largest absolute Gasteiger partial charge is 0.481 e. The van der Waals surface area contributed by atoms with Crippen LogP contribution in [0.5, 0.6) is 0 Å². The molecule has 3 nitrogen and oxygen atoms in total. The summed E-state index contributed by atoms with van der Waals surface area (Å²) >= 11 is 6.57. The fourth-order valence-corrected chi connectivity index (χ4v) is 4.57. The van der Waals surface area contributed by atoms with Crippen LogP contribution in [-0.4, -0.2) is 27.7 Å². The summed E-state index contributed by atoms with van der Waals surface area (Å²) in [6, 6.07) is 8.66. The molecule has 4 unspecified atom stereocenters. The molecular formula is C22H33ClO3. The minimum Gasteiger partial charge on any atom is -0.481 e. The van der Waals surface area contributed by atoms with Crippen LogP contribution in [0, 0.1) is 5.92 Å². The van der Waals surface area contributed by atoms with Crippen molar-refractivity contribution in [3.8, 4) is 0 Å². The van der Waals surface area contributed by atoms with Crippen LogP contribution in [0.1, 0.15) is 82.8 Å². The summed E-state index contributed by atoms with van der Waals surface area (Å²) in [5.74, 6) is -0.333. The molecule has 1 aromatic carbocycles. The summed E-state index contributed by atoms with van der Waals surface area (Å²) in [7, 11) is 0. The quantitative estimate of drug-likeness (QED) is 0.463. The molecule has 26 heavy (non-hydrogen) atoms. The van der Waals surface area contributed by atoms with E-state index in [9.17, 15) is 9.90 Å². The number of aliphatic hydroxyl groups excluding tert-OH is 1. The van der Waals surface area contributed by atoms with Crippen molar-refractivity contribution in [2.45, 2.75) is 88.5 Å². The van der Waals surface area contributed by atoms with E-state index in [-0.39, 0.29) is 35.2 Å². The number of unbranched alkanes of at least 4 members (excludes halogenated alkanes) is 3.